The largest absolute Gasteiger partial charge is 0.471 e. The van der Waals surface area contributed by atoms with Gasteiger partial charge in [-0.3, -0.25) is 4.79 Å². The van der Waals surface area contributed by atoms with Crippen LogP contribution in [0.1, 0.15) is 11.1 Å². The fourth-order valence-electron chi connectivity index (χ4n) is 3.20. The molecule has 7 heteroatoms. The second-order valence-corrected chi connectivity index (χ2v) is 6.01. The summed E-state index contributed by atoms with van der Waals surface area (Å²) < 4.78 is 37.8. The fraction of sp³-hybridized carbons (Fsp3) is 0.562. The number of hydrogen-bond acceptors (Lipinski definition) is 3. The number of nitrogens with zero attached hydrogens (tertiary/aromatic N) is 2. The minimum absolute atomic E-state index is 0.106. The van der Waals surface area contributed by atoms with Crippen LogP contribution >= 0.6 is 0 Å². The molecule has 126 valence electrons. The molecule has 3 rings (SSSR count). The van der Waals surface area contributed by atoms with Gasteiger partial charge in [0.2, 0.25) is 0 Å². The number of hydrogen-bond donors (Lipinski definition) is 1. The summed E-state index contributed by atoms with van der Waals surface area (Å²) in [7, 11) is 0. The number of amides is 1. The van der Waals surface area contributed by atoms with Crippen molar-refractivity contribution in [3.05, 3.63) is 29.3 Å². The lowest BCUT2D eigenvalue weighted by atomic mass is 10.1. The van der Waals surface area contributed by atoms with Crippen LogP contribution in [0.3, 0.4) is 0 Å². The van der Waals surface area contributed by atoms with E-state index in [1.54, 1.807) is 6.07 Å². The molecule has 2 aliphatic rings. The van der Waals surface area contributed by atoms with Gasteiger partial charge in [-0.25, -0.2) is 0 Å². The minimum Gasteiger partial charge on any atom is -0.314 e. The van der Waals surface area contributed by atoms with Gasteiger partial charge in [0.25, 0.3) is 0 Å². The third-order valence-electron chi connectivity index (χ3n) is 4.45. The van der Waals surface area contributed by atoms with Gasteiger partial charge in [-0.1, -0.05) is 12.1 Å². The Morgan fingerprint density at radius 2 is 1.91 bits per heavy atom. The second-order valence-electron chi connectivity index (χ2n) is 6.01. The third kappa shape index (κ3) is 3.67. The topological polar surface area (TPSA) is 35.6 Å². The van der Waals surface area contributed by atoms with E-state index in [9.17, 15) is 18.0 Å². The molecule has 4 nitrogen and oxygen atoms in total. The molecule has 1 aromatic rings. The normalized spacial score (nSPS) is 19.0. The van der Waals surface area contributed by atoms with Gasteiger partial charge >= 0.3 is 12.1 Å². The Balaban J connectivity index is 1.65. The highest BCUT2D eigenvalue weighted by molar-refractivity contribution is 5.99. The van der Waals surface area contributed by atoms with E-state index in [0.717, 1.165) is 55.2 Å². The van der Waals surface area contributed by atoms with Crippen LogP contribution < -0.4 is 10.2 Å². The highest BCUT2D eigenvalue weighted by atomic mass is 19.4. The number of fused-ring (bicyclic) bond motifs is 1. The Labute approximate surface area is 133 Å². The lowest BCUT2D eigenvalue weighted by Gasteiger charge is -2.27. The van der Waals surface area contributed by atoms with Crippen molar-refractivity contribution in [3.63, 3.8) is 0 Å². The van der Waals surface area contributed by atoms with E-state index in [2.05, 4.69) is 10.2 Å². The summed E-state index contributed by atoms with van der Waals surface area (Å²) in [6, 6.07) is 5.43. The van der Waals surface area contributed by atoms with Crippen LogP contribution in [0.15, 0.2) is 18.2 Å². The lowest BCUT2D eigenvalue weighted by molar-refractivity contribution is -0.170. The van der Waals surface area contributed by atoms with Gasteiger partial charge in [-0.15, -0.1) is 0 Å². The van der Waals surface area contributed by atoms with Crippen LogP contribution in [-0.4, -0.2) is 56.3 Å². The van der Waals surface area contributed by atoms with E-state index in [1.165, 1.54) is 0 Å². The maximum absolute atomic E-state index is 12.6. The van der Waals surface area contributed by atoms with Crippen molar-refractivity contribution in [2.75, 3.05) is 44.2 Å². The number of carbonyl (C=O) groups is 1. The molecule has 0 atom stereocenters. The number of benzene rings is 1. The van der Waals surface area contributed by atoms with Crippen LogP contribution in [0.5, 0.6) is 0 Å². The van der Waals surface area contributed by atoms with Crippen molar-refractivity contribution < 1.29 is 18.0 Å². The van der Waals surface area contributed by atoms with E-state index < -0.39 is 12.1 Å². The number of halogens is 3. The van der Waals surface area contributed by atoms with Gasteiger partial charge < -0.3 is 15.1 Å². The second kappa shape index (κ2) is 6.49. The minimum atomic E-state index is -4.82. The molecule has 1 aromatic carbocycles. The summed E-state index contributed by atoms with van der Waals surface area (Å²) >= 11 is 0. The van der Waals surface area contributed by atoms with Crippen LogP contribution in [0.2, 0.25) is 0 Å². The lowest BCUT2D eigenvalue weighted by Crippen LogP contribution is -2.44. The van der Waals surface area contributed by atoms with Gasteiger partial charge in [0.1, 0.15) is 0 Å². The average Bonchev–Trinajstić information content (AvgIpc) is 2.95. The molecule has 0 radical (unpaired) electrons. The Morgan fingerprint density at radius 3 is 2.61 bits per heavy atom. The standard InChI is InChI=1S/C16H20F3N3O/c17-16(18,19)15(23)22-8-4-13-11-12(1-2-14(13)22)3-7-21-9-5-20-6-10-21/h1-2,11,20H,3-10H2. The predicted octanol–water partition coefficient (Wildman–Crippen LogP) is 1.59. The molecule has 2 heterocycles. The van der Waals surface area contributed by atoms with Gasteiger partial charge in [0.15, 0.2) is 0 Å². The number of piperazine rings is 1. The molecular weight excluding hydrogens is 307 g/mol. The highest BCUT2D eigenvalue weighted by Gasteiger charge is 2.44. The summed E-state index contributed by atoms with van der Waals surface area (Å²) in [6.45, 7) is 5.11. The number of nitrogens with one attached hydrogen (secondary N) is 1. The zero-order valence-corrected chi connectivity index (χ0v) is 12.8. The van der Waals surface area contributed by atoms with Crippen LogP contribution in [0.4, 0.5) is 18.9 Å². The highest BCUT2D eigenvalue weighted by Crippen LogP contribution is 2.32. The summed E-state index contributed by atoms with van der Waals surface area (Å²) in [6.07, 6.45) is -3.46. The van der Waals surface area contributed by atoms with Gasteiger partial charge in [0, 0.05) is 45.0 Å². The third-order valence-corrected chi connectivity index (χ3v) is 4.45. The van der Waals surface area contributed by atoms with Crippen molar-refractivity contribution in [2.24, 2.45) is 0 Å². The van der Waals surface area contributed by atoms with Crippen molar-refractivity contribution in [1.29, 1.82) is 0 Å². The summed E-state index contributed by atoms with van der Waals surface area (Å²) in [4.78, 5) is 14.7. The monoisotopic (exact) mass is 327 g/mol. The molecule has 2 aliphatic heterocycles. The number of carbonyl (C=O) groups excluding carboxylic acids is 1. The Bertz CT molecular complexity index is 582. The SMILES string of the molecule is O=C(N1CCc2cc(CCN3CCNCC3)ccc21)C(F)(F)F. The molecule has 0 bridgehead atoms. The molecule has 1 N–H and O–H groups in total. The maximum atomic E-state index is 12.6. The van der Waals surface area contributed by atoms with Crippen LogP contribution in [0.25, 0.3) is 0 Å². The van der Waals surface area contributed by atoms with Crippen molar-refractivity contribution in [3.8, 4) is 0 Å². The summed E-state index contributed by atoms with van der Waals surface area (Å²) in [5, 5.41) is 3.30. The molecule has 1 amide bonds. The first kappa shape index (κ1) is 16.3. The van der Waals surface area contributed by atoms with Crippen molar-refractivity contribution >= 4 is 11.6 Å². The smallest absolute Gasteiger partial charge is 0.314 e. The van der Waals surface area contributed by atoms with E-state index in [0.29, 0.717) is 12.1 Å². The van der Waals surface area contributed by atoms with Crippen LogP contribution in [-0.2, 0) is 17.6 Å². The first-order valence-electron chi connectivity index (χ1n) is 7.89. The molecule has 23 heavy (non-hydrogen) atoms. The summed E-state index contributed by atoms with van der Waals surface area (Å²) in [5.41, 5.74) is 2.35. The quantitative estimate of drug-likeness (QED) is 0.916. The Hall–Kier alpha value is -1.60. The van der Waals surface area contributed by atoms with Gasteiger partial charge in [-0.05, 0) is 30.0 Å². The Morgan fingerprint density at radius 1 is 1.17 bits per heavy atom. The molecule has 0 saturated carbocycles. The molecule has 0 spiro atoms. The first-order valence-corrected chi connectivity index (χ1v) is 7.89. The van der Waals surface area contributed by atoms with E-state index in [-0.39, 0.29) is 6.54 Å². The van der Waals surface area contributed by atoms with Crippen molar-refractivity contribution in [2.45, 2.75) is 19.0 Å². The number of alkyl halides is 3. The molecule has 0 aliphatic carbocycles. The van der Waals surface area contributed by atoms with E-state index in [4.69, 9.17) is 0 Å². The number of rotatable bonds is 3. The zero-order valence-electron chi connectivity index (χ0n) is 12.8. The molecule has 1 fully saturated rings. The van der Waals surface area contributed by atoms with Gasteiger partial charge in [-0.2, -0.15) is 13.2 Å². The van der Waals surface area contributed by atoms with Crippen LogP contribution in [0, 0.1) is 0 Å². The molecule has 0 unspecified atom stereocenters. The maximum Gasteiger partial charge on any atom is 0.471 e. The molecule has 1 saturated heterocycles. The fourth-order valence-corrected chi connectivity index (χ4v) is 3.20. The van der Waals surface area contributed by atoms with Crippen molar-refractivity contribution in [1.82, 2.24) is 10.2 Å². The first-order chi connectivity index (χ1) is 10.9. The Kier molecular flexibility index (Phi) is 4.59. The zero-order chi connectivity index (χ0) is 16.4. The van der Waals surface area contributed by atoms with E-state index in [1.807, 2.05) is 12.1 Å². The predicted molar refractivity (Wildman–Crippen MR) is 81.6 cm³/mol. The van der Waals surface area contributed by atoms with Gasteiger partial charge in [0.05, 0.1) is 0 Å². The van der Waals surface area contributed by atoms with E-state index >= 15 is 0 Å². The average molecular weight is 327 g/mol. The molecular formula is C16H20F3N3O. The number of anilines is 1. The summed E-state index contributed by atoms with van der Waals surface area (Å²) in [5.74, 6) is -1.77. The molecule has 0 aromatic heterocycles.